The molecule has 1 aromatic rings. The first kappa shape index (κ1) is 16.5. The first-order valence-corrected chi connectivity index (χ1v) is 8.23. The van der Waals surface area contributed by atoms with Crippen LogP contribution in [0, 0.1) is 20.8 Å². The van der Waals surface area contributed by atoms with E-state index < -0.39 is 0 Å². The Morgan fingerprint density at radius 1 is 1.19 bits per heavy atom. The fourth-order valence-electron chi connectivity index (χ4n) is 3.94. The Labute approximate surface area is 130 Å². The average Bonchev–Trinajstić information content (AvgIpc) is 2.42. The molecule has 118 valence electrons. The zero-order valence-corrected chi connectivity index (χ0v) is 14.3. The lowest BCUT2D eigenvalue weighted by atomic mass is 9.92. The predicted octanol–water partition coefficient (Wildman–Crippen LogP) is 2.64. The fraction of sp³-hybridized carbons (Fsp3) is 0.667. The molecule has 2 atom stereocenters. The van der Waals surface area contributed by atoms with Gasteiger partial charge in [0.05, 0.1) is 0 Å². The lowest BCUT2D eigenvalue weighted by molar-refractivity contribution is 0.0603. The van der Waals surface area contributed by atoms with Crippen molar-refractivity contribution in [3.05, 3.63) is 34.4 Å². The Hall–Kier alpha value is -0.900. The highest BCUT2D eigenvalue weighted by molar-refractivity contribution is 5.40. The molecule has 1 aliphatic rings. The molecule has 1 aliphatic heterocycles. The van der Waals surface area contributed by atoms with Gasteiger partial charge in [-0.1, -0.05) is 24.6 Å². The summed E-state index contributed by atoms with van der Waals surface area (Å²) in [5.74, 6) is 0. The van der Waals surface area contributed by atoms with Crippen LogP contribution in [0.2, 0.25) is 0 Å². The van der Waals surface area contributed by atoms with Gasteiger partial charge in [-0.25, -0.2) is 0 Å². The van der Waals surface area contributed by atoms with Crippen LogP contribution in [0.5, 0.6) is 0 Å². The second kappa shape index (κ2) is 6.91. The zero-order chi connectivity index (χ0) is 15.6. The largest absolute Gasteiger partial charge is 0.329 e. The average molecular weight is 289 g/mol. The Kier molecular flexibility index (Phi) is 5.42. The number of aryl methyl sites for hydroxylation is 3. The van der Waals surface area contributed by atoms with Crippen LogP contribution in [0.4, 0.5) is 0 Å². The minimum atomic E-state index is 0.354. The molecule has 0 spiro atoms. The molecular weight excluding hydrogens is 258 g/mol. The van der Waals surface area contributed by atoms with Gasteiger partial charge in [0.25, 0.3) is 0 Å². The highest BCUT2D eigenvalue weighted by Crippen LogP contribution is 2.29. The van der Waals surface area contributed by atoms with Gasteiger partial charge in [0.1, 0.15) is 0 Å². The lowest BCUT2D eigenvalue weighted by Crippen LogP contribution is -2.53. The predicted molar refractivity (Wildman–Crippen MR) is 90.7 cm³/mol. The van der Waals surface area contributed by atoms with Crippen LogP contribution in [0.25, 0.3) is 0 Å². The number of hydrogen-bond donors (Lipinski definition) is 1. The molecule has 1 fully saturated rings. The van der Waals surface area contributed by atoms with Crippen molar-refractivity contribution in [2.75, 3.05) is 32.7 Å². The molecule has 2 rings (SSSR count). The molecule has 3 nitrogen and oxygen atoms in total. The minimum absolute atomic E-state index is 0.354. The van der Waals surface area contributed by atoms with Crippen molar-refractivity contribution in [2.24, 2.45) is 5.73 Å². The third-order valence-electron chi connectivity index (χ3n) is 4.94. The number of benzene rings is 1. The summed E-state index contributed by atoms with van der Waals surface area (Å²) < 4.78 is 0. The van der Waals surface area contributed by atoms with Crippen LogP contribution in [0.1, 0.15) is 42.1 Å². The minimum Gasteiger partial charge on any atom is -0.329 e. The number of hydrogen-bond acceptors (Lipinski definition) is 3. The highest BCUT2D eigenvalue weighted by Gasteiger charge is 2.29. The molecule has 1 aromatic carbocycles. The zero-order valence-electron chi connectivity index (χ0n) is 14.3. The summed E-state index contributed by atoms with van der Waals surface area (Å²) in [6, 6.07) is 5.55. The van der Waals surface area contributed by atoms with Crippen LogP contribution in [0.3, 0.4) is 0 Å². The summed E-state index contributed by atoms with van der Waals surface area (Å²) >= 11 is 0. The van der Waals surface area contributed by atoms with E-state index in [1.807, 2.05) is 0 Å². The summed E-state index contributed by atoms with van der Waals surface area (Å²) in [6.07, 6.45) is 0. The molecule has 0 aliphatic carbocycles. The van der Waals surface area contributed by atoms with Crippen LogP contribution >= 0.6 is 0 Å². The smallest absolute Gasteiger partial charge is 0.0476 e. The Morgan fingerprint density at radius 2 is 1.81 bits per heavy atom. The van der Waals surface area contributed by atoms with E-state index in [9.17, 15) is 0 Å². The summed E-state index contributed by atoms with van der Waals surface area (Å²) in [5.41, 5.74) is 11.7. The van der Waals surface area contributed by atoms with Gasteiger partial charge in [-0.3, -0.25) is 9.80 Å². The van der Waals surface area contributed by atoms with Crippen molar-refractivity contribution in [3.63, 3.8) is 0 Å². The molecule has 0 amide bonds. The molecule has 3 heteroatoms. The Balaban J connectivity index is 2.25. The number of nitrogens with two attached hydrogens (primary N) is 1. The Bertz CT molecular complexity index is 460. The third kappa shape index (κ3) is 3.47. The van der Waals surface area contributed by atoms with Crippen molar-refractivity contribution < 1.29 is 0 Å². The van der Waals surface area contributed by atoms with Crippen molar-refractivity contribution >= 4 is 0 Å². The van der Waals surface area contributed by atoms with Gasteiger partial charge in [-0.2, -0.15) is 0 Å². The number of nitrogens with zero attached hydrogens (tertiary/aromatic N) is 2. The molecule has 0 saturated carbocycles. The SMILES string of the molecule is CCN1CCN(C(CN)c2c(C)cc(C)cc2C)CC1C. The van der Waals surface area contributed by atoms with E-state index in [1.165, 1.54) is 22.3 Å². The van der Waals surface area contributed by atoms with Gasteiger partial charge in [-0.15, -0.1) is 0 Å². The molecule has 0 bridgehead atoms. The lowest BCUT2D eigenvalue weighted by Gasteiger charge is -2.43. The van der Waals surface area contributed by atoms with Crippen LogP contribution in [-0.4, -0.2) is 48.6 Å². The molecular formula is C18H31N3. The van der Waals surface area contributed by atoms with E-state index in [4.69, 9.17) is 5.73 Å². The first-order valence-electron chi connectivity index (χ1n) is 8.23. The molecule has 0 radical (unpaired) electrons. The van der Waals surface area contributed by atoms with E-state index >= 15 is 0 Å². The highest BCUT2D eigenvalue weighted by atomic mass is 15.3. The van der Waals surface area contributed by atoms with Crippen LogP contribution in [-0.2, 0) is 0 Å². The molecule has 0 aromatic heterocycles. The molecule has 2 unspecified atom stereocenters. The second-order valence-corrected chi connectivity index (χ2v) is 6.54. The van der Waals surface area contributed by atoms with Gasteiger partial charge < -0.3 is 5.73 Å². The maximum Gasteiger partial charge on any atom is 0.0476 e. The summed E-state index contributed by atoms with van der Waals surface area (Å²) in [5, 5.41) is 0. The molecule has 1 heterocycles. The quantitative estimate of drug-likeness (QED) is 0.925. The number of piperazine rings is 1. The van der Waals surface area contributed by atoms with E-state index in [-0.39, 0.29) is 0 Å². The summed E-state index contributed by atoms with van der Waals surface area (Å²) in [7, 11) is 0. The Morgan fingerprint density at radius 3 is 2.29 bits per heavy atom. The normalized spacial score (nSPS) is 22.5. The number of likely N-dealkylation sites (N-methyl/N-ethyl adjacent to an activating group) is 1. The first-order chi connectivity index (χ1) is 9.97. The van der Waals surface area contributed by atoms with Gasteiger partial charge >= 0.3 is 0 Å². The van der Waals surface area contributed by atoms with Gasteiger partial charge in [0.2, 0.25) is 0 Å². The van der Waals surface area contributed by atoms with Crippen molar-refractivity contribution in [1.82, 2.24) is 9.80 Å². The van der Waals surface area contributed by atoms with Crippen LogP contribution < -0.4 is 5.73 Å². The number of rotatable bonds is 4. The van der Waals surface area contributed by atoms with Gasteiger partial charge in [-0.05, 0) is 50.9 Å². The van der Waals surface area contributed by atoms with Crippen molar-refractivity contribution in [3.8, 4) is 0 Å². The van der Waals surface area contributed by atoms with E-state index in [2.05, 4.69) is 56.6 Å². The standard InChI is InChI=1S/C18H31N3/c1-6-20-7-8-21(12-16(20)5)17(11-19)18-14(3)9-13(2)10-15(18)4/h9-10,16-17H,6-8,11-12,19H2,1-5H3. The van der Waals surface area contributed by atoms with Crippen molar-refractivity contribution in [2.45, 2.75) is 46.7 Å². The molecule has 1 saturated heterocycles. The summed E-state index contributed by atoms with van der Waals surface area (Å²) in [4.78, 5) is 5.14. The topological polar surface area (TPSA) is 32.5 Å². The van der Waals surface area contributed by atoms with Crippen LogP contribution in [0.15, 0.2) is 12.1 Å². The maximum absolute atomic E-state index is 6.17. The second-order valence-electron chi connectivity index (χ2n) is 6.54. The van der Waals surface area contributed by atoms with E-state index in [0.29, 0.717) is 18.6 Å². The van der Waals surface area contributed by atoms with Crippen molar-refractivity contribution in [1.29, 1.82) is 0 Å². The maximum atomic E-state index is 6.17. The van der Waals surface area contributed by atoms with E-state index in [1.54, 1.807) is 0 Å². The monoisotopic (exact) mass is 289 g/mol. The molecule has 21 heavy (non-hydrogen) atoms. The fourth-order valence-corrected chi connectivity index (χ4v) is 3.94. The van der Waals surface area contributed by atoms with E-state index in [0.717, 1.165) is 26.2 Å². The third-order valence-corrected chi connectivity index (χ3v) is 4.94. The summed E-state index contributed by atoms with van der Waals surface area (Å²) in [6.45, 7) is 16.4. The van der Waals surface area contributed by atoms with Gasteiger partial charge in [0.15, 0.2) is 0 Å². The molecule has 2 N–H and O–H groups in total. The van der Waals surface area contributed by atoms with Gasteiger partial charge in [0, 0.05) is 38.3 Å².